The highest BCUT2D eigenvalue weighted by Crippen LogP contribution is 2.11. The Morgan fingerprint density at radius 2 is 2.15 bits per heavy atom. The quantitative estimate of drug-likeness (QED) is 0.805. The molecule has 0 aliphatic carbocycles. The zero-order valence-corrected chi connectivity index (χ0v) is 11.7. The van der Waals surface area contributed by atoms with Gasteiger partial charge in [0.05, 0.1) is 13.2 Å². The smallest absolute Gasteiger partial charge is 0.203 e. The summed E-state index contributed by atoms with van der Waals surface area (Å²) >= 11 is 0. The lowest BCUT2D eigenvalue weighted by atomic mass is 10.3. The fourth-order valence-corrected chi connectivity index (χ4v) is 2.40. The van der Waals surface area contributed by atoms with Crippen molar-refractivity contribution in [3.05, 3.63) is 18.2 Å². The Bertz CT molecular complexity index is 563. The predicted molar refractivity (Wildman–Crippen MR) is 75.9 cm³/mol. The summed E-state index contributed by atoms with van der Waals surface area (Å²) in [4.78, 5) is 6.77. The van der Waals surface area contributed by atoms with E-state index in [1.807, 2.05) is 17.5 Å². The van der Waals surface area contributed by atoms with Gasteiger partial charge in [0, 0.05) is 32.0 Å². The molecule has 0 amide bonds. The van der Waals surface area contributed by atoms with Crippen LogP contribution in [0.5, 0.6) is 0 Å². The molecule has 0 spiro atoms. The van der Waals surface area contributed by atoms with E-state index < -0.39 is 0 Å². The maximum Gasteiger partial charge on any atom is 0.203 e. The number of fused-ring (bicyclic) bond motifs is 1. The molecule has 7 heteroatoms. The molecule has 1 aliphatic rings. The third kappa shape index (κ3) is 2.88. The summed E-state index contributed by atoms with van der Waals surface area (Å²) < 4.78 is 7.28. The second-order valence-corrected chi connectivity index (χ2v) is 4.95. The topological polar surface area (TPSA) is 67.6 Å². The van der Waals surface area contributed by atoms with E-state index in [1.165, 1.54) is 0 Å². The molecule has 1 aliphatic heterocycles. The summed E-state index contributed by atoms with van der Waals surface area (Å²) in [6.45, 7) is 7.69. The van der Waals surface area contributed by atoms with Crippen LogP contribution in [0.1, 0.15) is 12.2 Å². The molecule has 20 heavy (non-hydrogen) atoms. The summed E-state index contributed by atoms with van der Waals surface area (Å²) in [7, 11) is 0. The SMILES string of the molecule is Cc1nnc2c(NCCCN3CCOCC3)nccn12. The number of nitrogens with zero attached hydrogens (tertiary/aromatic N) is 5. The van der Waals surface area contributed by atoms with Gasteiger partial charge in [-0.25, -0.2) is 4.98 Å². The monoisotopic (exact) mass is 276 g/mol. The molecule has 0 unspecified atom stereocenters. The molecule has 3 heterocycles. The van der Waals surface area contributed by atoms with E-state index >= 15 is 0 Å². The average Bonchev–Trinajstić information content (AvgIpc) is 2.87. The zero-order valence-electron chi connectivity index (χ0n) is 11.7. The lowest BCUT2D eigenvalue weighted by Gasteiger charge is -2.26. The van der Waals surface area contributed by atoms with Crippen LogP contribution in [0.25, 0.3) is 5.65 Å². The number of rotatable bonds is 5. The highest BCUT2D eigenvalue weighted by molar-refractivity contribution is 5.61. The van der Waals surface area contributed by atoms with Crippen molar-refractivity contribution in [1.82, 2.24) is 24.5 Å². The van der Waals surface area contributed by atoms with E-state index in [2.05, 4.69) is 25.4 Å². The van der Waals surface area contributed by atoms with Crippen molar-refractivity contribution >= 4 is 11.5 Å². The van der Waals surface area contributed by atoms with Crippen LogP contribution >= 0.6 is 0 Å². The maximum atomic E-state index is 5.34. The lowest BCUT2D eigenvalue weighted by molar-refractivity contribution is 0.0378. The van der Waals surface area contributed by atoms with Crippen LogP contribution in [0.15, 0.2) is 12.4 Å². The fourth-order valence-electron chi connectivity index (χ4n) is 2.40. The first-order chi connectivity index (χ1) is 9.84. The van der Waals surface area contributed by atoms with Crippen LogP contribution < -0.4 is 5.32 Å². The Labute approximate surface area is 118 Å². The van der Waals surface area contributed by atoms with Crippen molar-refractivity contribution in [3.63, 3.8) is 0 Å². The third-order valence-corrected chi connectivity index (χ3v) is 3.54. The number of aromatic nitrogens is 4. The predicted octanol–water partition coefficient (Wildman–Crippen LogP) is 0.567. The molecule has 2 aromatic rings. The lowest BCUT2D eigenvalue weighted by Crippen LogP contribution is -2.37. The average molecular weight is 276 g/mol. The van der Waals surface area contributed by atoms with Gasteiger partial charge in [-0.15, -0.1) is 10.2 Å². The molecule has 1 saturated heterocycles. The van der Waals surface area contributed by atoms with Gasteiger partial charge in [-0.1, -0.05) is 0 Å². The van der Waals surface area contributed by atoms with Gasteiger partial charge in [-0.05, 0) is 19.9 Å². The highest BCUT2D eigenvalue weighted by Gasteiger charge is 2.10. The molecular formula is C13H20N6O. The minimum atomic E-state index is 0.788. The summed E-state index contributed by atoms with van der Waals surface area (Å²) in [5, 5.41) is 11.6. The van der Waals surface area contributed by atoms with E-state index in [-0.39, 0.29) is 0 Å². The van der Waals surface area contributed by atoms with Gasteiger partial charge in [-0.2, -0.15) is 0 Å². The molecule has 108 valence electrons. The Kier molecular flexibility index (Phi) is 4.08. The van der Waals surface area contributed by atoms with Gasteiger partial charge >= 0.3 is 0 Å². The molecule has 1 N–H and O–H groups in total. The van der Waals surface area contributed by atoms with E-state index in [1.54, 1.807) is 6.20 Å². The molecule has 0 aromatic carbocycles. The Hall–Kier alpha value is -1.73. The van der Waals surface area contributed by atoms with Gasteiger partial charge in [0.25, 0.3) is 0 Å². The third-order valence-electron chi connectivity index (χ3n) is 3.54. The molecule has 0 radical (unpaired) electrons. The molecule has 0 bridgehead atoms. The second-order valence-electron chi connectivity index (χ2n) is 4.95. The Morgan fingerprint density at radius 3 is 3.00 bits per heavy atom. The summed E-state index contributed by atoms with van der Waals surface area (Å²) in [5.74, 6) is 1.67. The Morgan fingerprint density at radius 1 is 1.30 bits per heavy atom. The van der Waals surface area contributed by atoms with E-state index in [9.17, 15) is 0 Å². The Balaban J connectivity index is 1.52. The van der Waals surface area contributed by atoms with E-state index in [0.29, 0.717) is 0 Å². The van der Waals surface area contributed by atoms with Crippen LogP contribution in [0.3, 0.4) is 0 Å². The minimum absolute atomic E-state index is 0.788. The van der Waals surface area contributed by atoms with Crippen molar-refractivity contribution in [3.8, 4) is 0 Å². The van der Waals surface area contributed by atoms with E-state index in [0.717, 1.165) is 63.1 Å². The van der Waals surface area contributed by atoms with Crippen molar-refractivity contribution in [2.24, 2.45) is 0 Å². The van der Waals surface area contributed by atoms with Crippen molar-refractivity contribution in [2.45, 2.75) is 13.3 Å². The van der Waals surface area contributed by atoms with Crippen LogP contribution in [0.2, 0.25) is 0 Å². The van der Waals surface area contributed by atoms with Gasteiger partial charge < -0.3 is 10.1 Å². The van der Waals surface area contributed by atoms with Crippen LogP contribution in [0.4, 0.5) is 5.82 Å². The maximum absolute atomic E-state index is 5.34. The van der Waals surface area contributed by atoms with E-state index in [4.69, 9.17) is 4.74 Å². The summed E-state index contributed by atoms with van der Waals surface area (Å²) in [6, 6.07) is 0. The molecule has 0 atom stereocenters. The molecule has 2 aromatic heterocycles. The fraction of sp³-hybridized carbons (Fsp3) is 0.615. The number of ether oxygens (including phenoxy) is 1. The van der Waals surface area contributed by atoms with Gasteiger partial charge in [0.15, 0.2) is 5.82 Å². The van der Waals surface area contributed by atoms with Gasteiger partial charge in [0.1, 0.15) is 5.82 Å². The number of aryl methyl sites for hydroxylation is 1. The first kappa shape index (κ1) is 13.3. The molecule has 1 fully saturated rings. The molecule has 0 saturated carbocycles. The first-order valence-electron chi connectivity index (χ1n) is 7.05. The van der Waals surface area contributed by atoms with Gasteiger partial charge in [-0.3, -0.25) is 9.30 Å². The van der Waals surface area contributed by atoms with Crippen molar-refractivity contribution < 1.29 is 4.74 Å². The molecule has 3 rings (SSSR count). The number of morpholine rings is 1. The molecule has 7 nitrogen and oxygen atoms in total. The largest absolute Gasteiger partial charge is 0.379 e. The molecular weight excluding hydrogens is 256 g/mol. The number of hydrogen-bond donors (Lipinski definition) is 1. The van der Waals surface area contributed by atoms with Gasteiger partial charge in [0.2, 0.25) is 5.65 Å². The van der Waals surface area contributed by atoms with Crippen molar-refractivity contribution in [1.29, 1.82) is 0 Å². The number of anilines is 1. The summed E-state index contributed by atoms with van der Waals surface area (Å²) in [6.07, 6.45) is 4.73. The number of hydrogen-bond acceptors (Lipinski definition) is 6. The van der Waals surface area contributed by atoms with Crippen molar-refractivity contribution in [2.75, 3.05) is 44.7 Å². The highest BCUT2D eigenvalue weighted by atomic mass is 16.5. The number of nitrogens with one attached hydrogen (secondary N) is 1. The first-order valence-corrected chi connectivity index (χ1v) is 7.05. The second kappa shape index (κ2) is 6.15. The van der Waals surface area contributed by atoms with Crippen LogP contribution in [-0.2, 0) is 4.74 Å². The summed E-state index contributed by atoms with van der Waals surface area (Å²) in [5.41, 5.74) is 0.788. The standard InChI is InChI=1S/C13H20N6O/c1-11-16-17-13-12(15-4-6-19(11)13)14-3-2-5-18-7-9-20-10-8-18/h4,6H,2-3,5,7-10H2,1H3,(H,14,15). The minimum Gasteiger partial charge on any atom is -0.379 e. The van der Waals surface area contributed by atoms with Crippen LogP contribution in [0, 0.1) is 6.92 Å². The zero-order chi connectivity index (χ0) is 13.8. The van der Waals surface area contributed by atoms with Crippen LogP contribution in [-0.4, -0.2) is 63.9 Å². The normalized spacial score (nSPS) is 16.6.